The number of hydrogen-bond donors (Lipinski definition) is 1. The fourth-order valence-electron chi connectivity index (χ4n) is 2.35. The van der Waals surface area contributed by atoms with Gasteiger partial charge in [0.05, 0.1) is 21.6 Å². The number of rotatable bonds is 6. The molecule has 0 saturated carbocycles. The molecule has 3 aromatic rings. The summed E-state index contributed by atoms with van der Waals surface area (Å²) in [7, 11) is -3.54. The molecule has 0 aliphatic rings. The Bertz CT molecular complexity index is 864. The number of benzene rings is 3. The van der Waals surface area contributed by atoms with Gasteiger partial charge in [-0.15, -0.1) is 0 Å². The molecule has 0 aliphatic carbocycles. The summed E-state index contributed by atoms with van der Waals surface area (Å²) < 4.78 is 24.9. The third-order valence-electron chi connectivity index (χ3n) is 3.60. The van der Waals surface area contributed by atoms with E-state index in [1.165, 1.54) is 0 Å². The van der Waals surface area contributed by atoms with Gasteiger partial charge in [-0.25, -0.2) is 0 Å². The van der Waals surface area contributed by atoms with Crippen molar-refractivity contribution in [2.75, 3.05) is 5.32 Å². The Kier molecular flexibility index (Phi) is 6.09. The Morgan fingerprint density at radius 2 is 1.04 bits per heavy atom. The van der Waals surface area contributed by atoms with Crippen molar-refractivity contribution >= 4 is 33.2 Å². The predicted octanol–water partition coefficient (Wildman–Crippen LogP) is 3.57. The maximum Gasteiger partial charge on any atom is 0.253 e. The lowest BCUT2D eigenvalue weighted by atomic mass is 10.3. The fourth-order valence-corrected chi connectivity index (χ4v) is 5.51. The number of para-hydroxylation sites is 1. The first-order chi connectivity index (χ1) is 12.7. The SMILES string of the molecule is O=C(Nc1ccccc1)C(S(=O)c1ccccc1)S(=O)c1ccccc1. The molecule has 2 unspecified atom stereocenters. The average Bonchev–Trinajstić information content (AvgIpc) is 2.70. The van der Waals surface area contributed by atoms with Crippen molar-refractivity contribution < 1.29 is 13.2 Å². The van der Waals surface area contributed by atoms with Crippen LogP contribution in [-0.2, 0) is 26.4 Å². The van der Waals surface area contributed by atoms with Gasteiger partial charge in [0.1, 0.15) is 0 Å². The molecule has 0 radical (unpaired) electrons. The quantitative estimate of drug-likeness (QED) is 0.708. The molecule has 3 rings (SSSR count). The fraction of sp³-hybridized carbons (Fsp3) is 0.0500. The molecule has 132 valence electrons. The van der Waals surface area contributed by atoms with Gasteiger partial charge in [0.15, 0.2) is 4.58 Å². The van der Waals surface area contributed by atoms with Crippen LogP contribution in [0.25, 0.3) is 0 Å². The molecule has 0 fully saturated rings. The molecular weight excluding hydrogens is 366 g/mol. The Balaban J connectivity index is 1.94. The summed E-state index contributed by atoms with van der Waals surface area (Å²) in [5.74, 6) is -0.541. The van der Waals surface area contributed by atoms with Gasteiger partial charge in [-0.05, 0) is 36.4 Å². The highest BCUT2D eigenvalue weighted by atomic mass is 32.2. The average molecular weight is 383 g/mol. The van der Waals surface area contributed by atoms with Crippen LogP contribution in [0, 0.1) is 0 Å². The van der Waals surface area contributed by atoms with E-state index in [1.54, 1.807) is 84.9 Å². The lowest BCUT2D eigenvalue weighted by Crippen LogP contribution is -2.35. The van der Waals surface area contributed by atoms with E-state index in [0.29, 0.717) is 15.5 Å². The number of carbonyl (C=O) groups is 1. The number of hydrogen-bond acceptors (Lipinski definition) is 3. The summed E-state index contributed by atoms with van der Waals surface area (Å²) in [5.41, 5.74) is 0.567. The van der Waals surface area contributed by atoms with E-state index in [9.17, 15) is 13.2 Å². The van der Waals surface area contributed by atoms with Crippen molar-refractivity contribution in [3.05, 3.63) is 91.0 Å². The minimum Gasteiger partial charge on any atom is -0.324 e. The molecule has 0 bridgehead atoms. The van der Waals surface area contributed by atoms with Crippen LogP contribution in [0.2, 0.25) is 0 Å². The van der Waals surface area contributed by atoms with Crippen LogP contribution < -0.4 is 5.32 Å². The van der Waals surface area contributed by atoms with Gasteiger partial charge in [0.25, 0.3) is 5.91 Å². The normalized spacial score (nSPS) is 14.2. The summed E-state index contributed by atoms with van der Waals surface area (Å²) in [6.07, 6.45) is 0. The number of amides is 1. The van der Waals surface area contributed by atoms with Crippen LogP contribution in [0.5, 0.6) is 0 Å². The molecule has 0 aliphatic heterocycles. The van der Waals surface area contributed by atoms with Gasteiger partial charge in [-0.2, -0.15) is 0 Å². The van der Waals surface area contributed by atoms with Crippen LogP contribution in [0.3, 0.4) is 0 Å². The Hall–Kier alpha value is -2.57. The van der Waals surface area contributed by atoms with Gasteiger partial charge in [-0.3, -0.25) is 13.2 Å². The molecule has 0 aromatic heterocycles. The first-order valence-corrected chi connectivity index (χ1v) is 10.4. The van der Waals surface area contributed by atoms with Gasteiger partial charge >= 0.3 is 0 Å². The smallest absolute Gasteiger partial charge is 0.253 e. The first kappa shape index (κ1) is 18.2. The van der Waals surface area contributed by atoms with Gasteiger partial charge in [-0.1, -0.05) is 54.6 Å². The van der Waals surface area contributed by atoms with Gasteiger partial charge in [0.2, 0.25) is 0 Å². The lowest BCUT2D eigenvalue weighted by molar-refractivity contribution is -0.114. The van der Waals surface area contributed by atoms with Crippen LogP contribution >= 0.6 is 0 Å². The van der Waals surface area contributed by atoms with Crippen LogP contribution in [0.1, 0.15) is 0 Å². The third-order valence-corrected chi connectivity index (χ3v) is 7.32. The van der Waals surface area contributed by atoms with Gasteiger partial charge in [0, 0.05) is 15.5 Å². The first-order valence-electron chi connectivity index (χ1n) is 7.94. The van der Waals surface area contributed by atoms with E-state index in [4.69, 9.17) is 0 Å². The molecule has 0 heterocycles. The third kappa shape index (κ3) is 4.33. The Morgan fingerprint density at radius 3 is 1.46 bits per heavy atom. The maximum absolute atomic E-state index is 13.0. The van der Waals surface area contributed by atoms with E-state index in [1.807, 2.05) is 6.07 Å². The van der Waals surface area contributed by atoms with Crippen molar-refractivity contribution in [2.24, 2.45) is 0 Å². The maximum atomic E-state index is 13.0. The van der Waals surface area contributed by atoms with E-state index < -0.39 is 32.1 Å². The van der Waals surface area contributed by atoms with Crippen molar-refractivity contribution in [3.63, 3.8) is 0 Å². The van der Waals surface area contributed by atoms with Crippen LogP contribution in [0.4, 0.5) is 5.69 Å². The molecule has 6 heteroatoms. The zero-order valence-corrected chi connectivity index (χ0v) is 15.4. The molecular formula is C20H17NO3S2. The minimum atomic E-state index is -1.77. The van der Waals surface area contributed by atoms with Crippen molar-refractivity contribution in [2.45, 2.75) is 14.4 Å². The predicted molar refractivity (Wildman–Crippen MR) is 105 cm³/mol. The highest BCUT2D eigenvalue weighted by Crippen LogP contribution is 2.21. The molecule has 3 aromatic carbocycles. The minimum absolute atomic E-state index is 0.463. The van der Waals surface area contributed by atoms with Gasteiger partial charge < -0.3 is 5.32 Å². The van der Waals surface area contributed by atoms with Crippen molar-refractivity contribution in [1.29, 1.82) is 0 Å². The van der Waals surface area contributed by atoms with E-state index in [0.717, 1.165) is 0 Å². The number of carbonyl (C=O) groups excluding carboxylic acids is 1. The summed E-state index contributed by atoms with van der Waals surface area (Å²) in [4.78, 5) is 13.8. The topological polar surface area (TPSA) is 63.2 Å². The molecule has 1 amide bonds. The van der Waals surface area contributed by atoms with Crippen molar-refractivity contribution in [1.82, 2.24) is 0 Å². The zero-order valence-electron chi connectivity index (χ0n) is 13.8. The number of anilines is 1. The standard InChI is InChI=1S/C20H17NO3S2/c22-19(21-16-10-4-1-5-11-16)20(25(23)17-12-6-2-7-13-17)26(24)18-14-8-3-9-15-18/h1-15,20H,(H,21,22). The summed E-state index contributed by atoms with van der Waals surface area (Å²) in [5, 5.41) is 2.72. The summed E-state index contributed by atoms with van der Waals surface area (Å²) in [6, 6.07) is 26.1. The lowest BCUT2D eigenvalue weighted by Gasteiger charge is -2.16. The van der Waals surface area contributed by atoms with E-state index in [-0.39, 0.29) is 0 Å². The van der Waals surface area contributed by atoms with Crippen LogP contribution in [0.15, 0.2) is 101 Å². The van der Waals surface area contributed by atoms with E-state index in [2.05, 4.69) is 5.32 Å². The molecule has 0 saturated heterocycles. The highest BCUT2D eigenvalue weighted by Gasteiger charge is 2.33. The monoisotopic (exact) mass is 383 g/mol. The van der Waals surface area contributed by atoms with Crippen molar-refractivity contribution in [3.8, 4) is 0 Å². The second kappa shape index (κ2) is 8.69. The molecule has 4 nitrogen and oxygen atoms in total. The number of nitrogens with one attached hydrogen (secondary N) is 1. The Labute approximate surface area is 157 Å². The summed E-state index contributed by atoms with van der Waals surface area (Å²) >= 11 is 0. The molecule has 26 heavy (non-hydrogen) atoms. The molecule has 1 N–H and O–H groups in total. The van der Waals surface area contributed by atoms with Crippen LogP contribution in [-0.4, -0.2) is 18.9 Å². The second-order valence-corrected chi connectivity index (χ2v) is 8.78. The van der Waals surface area contributed by atoms with E-state index >= 15 is 0 Å². The molecule has 2 atom stereocenters. The second-order valence-electron chi connectivity index (χ2n) is 5.41. The largest absolute Gasteiger partial charge is 0.324 e. The summed E-state index contributed by atoms with van der Waals surface area (Å²) in [6.45, 7) is 0. The molecule has 0 spiro atoms. The Morgan fingerprint density at radius 1 is 0.654 bits per heavy atom. The highest BCUT2D eigenvalue weighted by molar-refractivity contribution is 8.04. The zero-order chi connectivity index (χ0) is 18.4.